The molecule has 0 fully saturated rings. The zero-order valence-electron chi connectivity index (χ0n) is 9.83. The molecule has 0 bridgehead atoms. The molecule has 0 atom stereocenters. The van der Waals surface area contributed by atoms with Crippen molar-refractivity contribution >= 4 is 21.4 Å². The van der Waals surface area contributed by atoms with Crippen molar-refractivity contribution in [2.75, 3.05) is 7.05 Å². The van der Waals surface area contributed by atoms with Crippen LogP contribution in [0, 0.1) is 0 Å². The van der Waals surface area contributed by atoms with E-state index < -0.39 is 10.0 Å². The Morgan fingerprint density at radius 2 is 2.28 bits per heavy atom. The van der Waals surface area contributed by atoms with Gasteiger partial charge in [0, 0.05) is 30.4 Å². The van der Waals surface area contributed by atoms with Gasteiger partial charge >= 0.3 is 0 Å². The number of aliphatic hydroxyl groups is 1. The molecule has 2 N–H and O–H groups in total. The molecule has 2 rings (SSSR count). The molecule has 18 heavy (non-hydrogen) atoms. The quantitative estimate of drug-likeness (QED) is 0.872. The van der Waals surface area contributed by atoms with Gasteiger partial charge in [-0.3, -0.25) is 0 Å². The SMILES string of the molecule is CN(Cc1cccs1)S(=O)(=O)c1c[nH]c(CO)c1. The molecule has 2 heterocycles. The number of thiophene rings is 1. The fourth-order valence-electron chi connectivity index (χ4n) is 1.55. The molecule has 0 saturated carbocycles. The second-order valence-corrected chi connectivity index (χ2v) is 6.94. The second kappa shape index (κ2) is 5.23. The lowest BCUT2D eigenvalue weighted by atomic mass is 10.5. The predicted molar refractivity (Wildman–Crippen MR) is 69.7 cm³/mol. The Hall–Kier alpha value is -1.15. The van der Waals surface area contributed by atoms with E-state index in [-0.39, 0.29) is 11.5 Å². The highest BCUT2D eigenvalue weighted by molar-refractivity contribution is 7.89. The highest BCUT2D eigenvalue weighted by atomic mass is 32.2. The normalized spacial score (nSPS) is 12.2. The van der Waals surface area contributed by atoms with Crippen LogP contribution < -0.4 is 0 Å². The van der Waals surface area contributed by atoms with Gasteiger partial charge < -0.3 is 10.1 Å². The van der Waals surface area contributed by atoms with E-state index in [1.165, 1.54) is 27.9 Å². The first-order chi connectivity index (χ1) is 8.54. The van der Waals surface area contributed by atoms with E-state index in [9.17, 15) is 8.42 Å². The fourth-order valence-corrected chi connectivity index (χ4v) is 3.55. The van der Waals surface area contributed by atoms with E-state index in [1.54, 1.807) is 7.05 Å². The number of nitrogens with zero attached hydrogens (tertiary/aromatic N) is 1. The van der Waals surface area contributed by atoms with Crippen LogP contribution in [0.25, 0.3) is 0 Å². The minimum Gasteiger partial charge on any atom is -0.390 e. The lowest BCUT2D eigenvalue weighted by Crippen LogP contribution is -2.25. The van der Waals surface area contributed by atoms with Crippen molar-refractivity contribution < 1.29 is 13.5 Å². The summed E-state index contributed by atoms with van der Waals surface area (Å²) in [7, 11) is -1.96. The van der Waals surface area contributed by atoms with E-state index in [1.807, 2.05) is 17.5 Å². The summed E-state index contributed by atoms with van der Waals surface area (Å²) < 4.78 is 25.7. The van der Waals surface area contributed by atoms with Crippen LogP contribution in [-0.4, -0.2) is 29.9 Å². The number of hydrogen-bond donors (Lipinski definition) is 2. The first kappa shape index (κ1) is 13.3. The van der Waals surface area contributed by atoms with Crippen molar-refractivity contribution in [3.05, 3.63) is 40.3 Å². The minimum absolute atomic E-state index is 0.172. The molecule has 0 radical (unpaired) electrons. The molecule has 0 aliphatic carbocycles. The highest BCUT2D eigenvalue weighted by Gasteiger charge is 2.22. The van der Waals surface area contributed by atoms with Crippen LogP contribution >= 0.6 is 11.3 Å². The summed E-state index contributed by atoms with van der Waals surface area (Å²) in [5.74, 6) is 0. The van der Waals surface area contributed by atoms with Crippen LogP contribution in [0.4, 0.5) is 0 Å². The van der Waals surface area contributed by atoms with E-state index in [4.69, 9.17) is 5.11 Å². The van der Waals surface area contributed by atoms with Crippen LogP contribution in [-0.2, 0) is 23.2 Å². The number of aliphatic hydroxyl groups excluding tert-OH is 1. The number of hydrogen-bond acceptors (Lipinski definition) is 4. The van der Waals surface area contributed by atoms with Gasteiger partial charge in [0.15, 0.2) is 0 Å². The molecule has 7 heteroatoms. The van der Waals surface area contributed by atoms with Crippen LogP contribution in [0.15, 0.2) is 34.7 Å². The average molecular weight is 286 g/mol. The van der Waals surface area contributed by atoms with Crippen LogP contribution in [0.1, 0.15) is 10.6 Å². The number of rotatable bonds is 5. The van der Waals surface area contributed by atoms with Gasteiger partial charge in [0.05, 0.1) is 11.5 Å². The maximum atomic E-state index is 12.2. The number of H-pyrrole nitrogens is 1. The first-order valence-corrected chi connectivity index (χ1v) is 7.63. The van der Waals surface area contributed by atoms with Crippen molar-refractivity contribution in [2.24, 2.45) is 0 Å². The molecule has 0 spiro atoms. The van der Waals surface area contributed by atoms with Crippen molar-refractivity contribution in [3.8, 4) is 0 Å². The standard InChI is InChI=1S/C11H14N2O3S2/c1-13(7-10-3-2-4-17-10)18(15,16)11-5-9(8-14)12-6-11/h2-6,12,14H,7-8H2,1H3. The lowest BCUT2D eigenvalue weighted by molar-refractivity contribution is 0.277. The average Bonchev–Trinajstić information content (AvgIpc) is 2.99. The predicted octanol–water partition coefficient (Wildman–Crippen LogP) is 1.39. The summed E-state index contributed by atoms with van der Waals surface area (Å²) in [6.07, 6.45) is 1.39. The lowest BCUT2D eigenvalue weighted by Gasteiger charge is -2.14. The third kappa shape index (κ3) is 2.64. The zero-order valence-corrected chi connectivity index (χ0v) is 11.5. The van der Waals surface area contributed by atoms with Crippen molar-refractivity contribution in [1.82, 2.24) is 9.29 Å². The Labute approximate surface area is 110 Å². The third-order valence-corrected chi connectivity index (χ3v) is 5.20. The van der Waals surface area contributed by atoms with Crippen molar-refractivity contribution in [2.45, 2.75) is 18.0 Å². The molecule has 0 amide bonds. The molecule has 0 aliphatic rings. The van der Waals surface area contributed by atoms with Gasteiger partial charge in [-0.2, -0.15) is 4.31 Å². The summed E-state index contributed by atoms with van der Waals surface area (Å²) in [6.45, 7) is 0.143. The topological polar surface area (TPSA) is 73.4 Å². The van der Waals surface area contributed by atoms with E-state index >= 15 is 0 Å². The van der Waals surface area contributed by atoms with Crippen LogP contribution in [0.5, 0.6) is 0 Å². The molecule has 98 valence electrons. The van der Waals surface area contributed by atoms with E-state index in [0.717, 1.165) is 4.88 Å². The summed E-state index contributed by atoms with van der Waals surface area (Å²) in [5.41, 5.74) is 0.484. The minimum atomic E-state index is -3.51. The summed E-state index contributed by atoms with van der Waals surface area (Å²) >= 11 is 1.52. The van der Waals surface area contributed by atoms with Crippen LogP contribution in [0.2, 0.25) is 0 Å². The number of aromatic amines is 1. The largest absolute Gasteiger partial charge is 0.390 e. The van der Waals surface area contributed by atoms with Gasteiger partial charge in [-0.1, -0.05) is 6.07 Å². The number of aromatic nitrogens is 1. The Morgan fingerprint density at radius 3 is 2.83 bits per heavy atom. The molecular weight excluding hydrogens is 272 g/mol. The molecule has 5 nitrogen and oxygen atoms in total. The Bertz CT molecular complexity index is 602. The summed E-state index contributed by atoms with van der Waals surface area (Å²) in [6, 6.07) is 5.23. The van der Waals surface area contributed by atoms with Crippen LogP contribution in [0.3, 0.4) is 0 Å². The fraction of sp³-hybridized carbons (Fsp3) is 0.273. The smallest absolute Gasteiger partial charge is 0.244 e. The molecule has 0 aliphatic heterocycles. The van der Waals surface area contributed by atoms with Gasteiger partial charge in [-0.05, 0) is 17.5 Å². The zero-order chi connectivity index (χ0) is 13.2. The molecule has 0 unspecified atom stereocenters. The molecule has 0 saturated heterocycles. The van der Waals surface area contributed by atoms with Crippen molar-refractivity contribution in [1.29, 1.82) is 0 Å². The first-order valence-electron chi connectivity index (χ1n) is 5.31. The Morgan fingerprint density at radius 1 is 1.50 bits per heavy atom. The molecule has 2 aromatic rings. The maximum absolute atomic E-state index is 12.2. The molecule has 2 aromatic heterocycles. The van der Waals surface area contributed by atoms with Gasteiger partial charge in [-0.25, -0.2) is 8.42 Å². The Balaban J connectivity index is 2.19. The highest BCUT2D eigenvalue weighted by Crippen LogP contribution is 2.19. The monoisotopic (exact) mass is 286 g/mol. The maximum Gasteiger partial charge on any atom is 0.244 e. The molecular formula is C11H14N2O3S2. The number of nitrogens with one attached hydrogen (secondary N) is 1. The van der Waals surface area contributed by atoms with Gasteiger partial charge in [0.2, 0.25) is 10.0 Å². The van der Waals surface area contributed by atoms with Gasteiger partial charge in [-0.15, -0.1) is 11.3 Å². The Kier molecular flexibility index (Phi) is 3.86. The second-order valence-electron chi connectivity index (χ2n) is 3.86. The number of sulfonamides is 1. The summed E-state index contributed by atoms with van der Waals surface area (Å²) in [5, 5.41) is 10.8. The van der Waals surface area contributed by atoms with E-state index in [2.05, 4.69) is 4.98 Å². The van der Waals surface area contributed by atoms with Gasteiger partial charge in [0.1, 0.15) is 0 Å². The molecule has 0 aromatic carbocycles. The third-order valence-electron chi connectivity index (χ3n) is 2.55. The van der Waals surface area contributed by atoms with Crippen molar-refractivity contribution in [3.63, 3.8) is 0 Å². The van der Waals surface area contributed by atoms with E-state index in [0.29, 0.717) is 12.2 Å². The summed E-state index contributed by atoms with van der Waals surface area (Å²) in [4.78, 5) is 3.88. The van der Waals surface area contributed by atoms with Gasteiger partial charge in [0.25, 0.3) is 0 Å².